The minimum absolute atomic E-state index is 0.634. The van der Waals surface area contributed by atoms with Crippen LogP contribution in [0, 0.1) is 0 Å². The van der Waals surface area contributed by atoms with Gasteiger partial charge >= 0.3 is 0 Å². The fourth-order valence-corrected chi connectivity index (χ4v) is 1.93. The highest BCUT2D eigenvalue weighted by Crippen LogP contribution is 2.16. The highest BCUT2D eigenvalue weighted by Gasteiger charge is 2.05. The van der Waals surface area contributed by atoms with E-state index in [1.807, 2.05) is 22.9 Å². The van der Waals surface area contributed by atoms with Crippen LogP contribution in [0.4, 0.5) is 5.82 Å². The van der Waals surface area contributed by atoms with Crippen molar-refractivity contribution in [2.45, 2.75) is 6.42 Å². The van der Waals surface area contributed by atoms with Crippen LogP contribution in [0.3, 0.4) is 0 Å². The van der Waals surface area contributed by atoms with Crippen molar-refractivity contribution in [3.8, 4) is 0 Å². The van der Waals surface area contributed by atoms with E-state index in [0.717, 1.165) is 22.5 Å². The van der Waals surface area contributed by atoms with E-state index in [0.29, 0.717) is 19.8 Å². The Labute approximate surface area is 114 Å². The molecule has 0 amide bonds. The number of fused-ring (bicyclic) bond motifs is 1. The number of nitrogens with zero attached hydrogens (tertiary/aromatic N) is 3. The van der Waals surface area contributed by atoms with Gasteiger partial charge in [-0.1, -0.05) is 6.08 Å². The Kier molecular flexibility index (Phi) is 4.72. The maximum atomic E-state index is 5.42. The summed E-state index contributed by atoms with van der Waals surface area (Å²) >= 11 is 3.37. The van der Waals surface area contributed by atoms with Crippen molar-refractivity contribution in [2.24, 2.45) is 0 Å². The molecular weight excluding hydrogens is 296 g/mol. The van der Waals surface area contributed by atoms with Gasteiger partial charge in [0.1, 0.15) is 4.60 Å². The predicted molar refractivity (Wildman–Crippen MR) is 74.8 cm³/mol. The van der Waals surface area contributed by atoms with Gasteiger partial charge in [0.2, 0.25) is 0 Å². The molecule has 0 saturated heterocycles. The number of hydrogen-bond donors (Lipinski definition) is 1. The molecule has 0 atom stereocenters. The van der Waals surface area contributed by atoms with Crippen molar-refractivity contribution in [2.75, 3.05) is 25.1 Å². The minimum atomic E-state index is 0.634. The van der Waals surface area contributed by atoms with Crippen LogP contribution < -0.4 is 5.32 Å². The van der Waals surface area contributed by atoms with Crippen molar-refractivity contribution >= 4 is 27.4 Å². The fourth-order valence-electron chi connectivity index (χ4n) is 1.53. The summed E-state index contributed by atoms with van der Waals surface area (Å²) in [5.74, 6) is 0.752. The van der Waals surface area contributed by atoms with Crippen molar-refractivity contribution < 1.29 is 4.74 Å². The molecule has 0 aromatic carbocycles. The maximum Gasteiger partial charge on any atom is 0.180 e. The maximum absolute atomic E-state index is 5.42. The van der Waals surface area contributed by atoms with Crippen LogP contribution in [0.1, 0.15) is 6.42 Å². The van der Waals surface area contributed by atoms with Crippen LogP contribution in [0.2, 0.25) is 0 Å². The highest BCUT2D eigenvalue weighted by atomic mass is 79.9. The van der Waals surface area contributed by atoms with Crippen LogP contribution in [0.15, 0.2) is 35.8 Å². The van der Waals surface area contributed by atoms with E-state index in [2.05, 4.69) is 37.8 Å². The Bertz CT molecular complexity index is 526. The zero-order valence-electron chi connectivity index (χ0n) is 9.97. The standard InChI is InChI=1S/C12H15BrN4O/c1-2-3-7-18-8-5-14-11-12-15-4-6-17(12)9-10(13)16-11/h2,4,6,9H,1,3,5,7-8H2,(H,14,16). The molecule has 0 radical (unpaired) electrons. The summed E-state index contributed by atoms with van der Waals surface area (Å²) in [5, 5.41) is 3.22. The van der Waals surface area contributed by atoms with Crippen molar-refractivity contribution in [1.82, 2.24) is 14.4 Å². The summed E-state index contributed by atoms with van der Waals surface area (Å²) in [6.45, 7) is 5.68. The van der Waals surface area contributed by atoms with Gasteiger partial charge in [0.15, 0.2) is 11.5 Å². The third-order valence-corrected chi connectivity index (χ3v) is 2.73. The quantitative estimate of drug-likeness (QED) is 0.630. The lowest BCUT2D eigenvalue weighted by Gasteiger charge is -2.07. The van der Waals surface area contributed by atoms with E-state index in [-0.39, 0.29) is 0 Å². The molecule has 6 heteroatoms. The molecule has 2 aromatic rings. The number of anilines is 1. The second-order valence-electron chi connectivity index (χ2n) is 3.69. The number of rotatable bonds is 7. The molecule has 0 aliphatic carbocycles. The average molecular weight is 311 g/mol. The molecule has 0 unspecified atom stereocenters. The Balaban J connectivity index is 1.90. The fraction of sp³-hybridized carbons (Fsp3) is 0.333. The molecule has 2 heterocycles. The molecule has 0 bridgehead atoms. The number of nitrogens with one attached hydrogen (secondary N) is 1. The number of halogens is 1. The van der Waals surface area contributed by atoms with Gasteiger partial charge in [0, 0.05) is 25.1 Å². The second-order valence-corrected chi connectivity index (χ2v) is 4.50. The molecule has 0 saturated carbocycles. The van der Waals surface area contributed by atoms with Crippen LogP contribution in [0.5, 0.6) is 0 Å². The molecule has 18 heavy (non-hydrogen) atoms. The van der Waals surface area contributed by atoms with Crippen LogP contribution >= 0.6 is 15.9 Å². The molecule has 2 rings (SSSR count). The zero-order chi connectivity index (χ0) is 12.8. The van der Waals surface area contributed by atoms with Crippen molar-refractivity contribution in [3.05, 3.63) is 35.8 Å². The second kappa shape index (κ2) is 6.51. The minimum Gasteiger partial charge on any atom is -0.379 e. The molecule has 0 aliphatic heterocycles. The van der Waals surface area contributed by atoms with E-state index >= 15 is 0 Å². The van der Waals surface area contributed by atoms with Gasteiger partial charge in [-0.05, 0) is 22.4 Å². The molecule has 5 nitrogen and oxygen atoms in total. The largest absolute Gasteiger partial charge is 0.379 e. The van der Waals surface area contributed by atoms with E-state index in [1.54, 1.807) is 6.20 Å². The van der Waals surface area contributed by atoms with Gasteiger partial charge in [-0.25, -0.2) is 9.97 Å². The lowest BCUT2D eigenvalue weighted by atomic mass is 10.4. The van der Waals surface area contributed by atoms with Crippen molar-refractivity contribution in [1.29, 1.82) is 0 Å². The van der Waals surface area contributed by atoms with Gasteiger partial charge in [0.05, 0.1) is 13.2 Å². The summed E-state index contributed by atoms with van der Waals surface area (Å²) in [5.41, 5.74) is 0.810. The Morgan fingerprint density at radius 2 is 2.39 bits per heavy atom. The molecule has 0 fully saturated rings. The first-order valence-electron chi connectivity index (χ1n) is 5.73. The Morgan fingerprint density at radius 3 is 3.22 bits per heavy atom. The molecule has 0 spiro atoms. The summed E-state index contributed by atoms with van der Waals surface area (Å²) in [4.78, 5) is 8.61. The summed E-state index contributed by atoms with van der Waals surface area (Å²) in [6.07, 6.45) is 8.22. The van der Waals surface area contributed by atoms with E-state index in [4.69, 9.17) is 4.74 Å². The number of aromatic nitrogens is 3. The third kappa shape index (κ3) is 3.30. The highest BCUT2D eigenvalue weighted by molar-refractivity contribution is 9.10. The molecular formula is C12H15BrN4O. The normalized spacial score (nSPS) is 10.7. The first-order chi connectivity index (χ1) is 8.81. The summed E-state index contributed by atoms with van der Waals surface area (Å²) in [7, 11) is 0. The average Bonchev–Trinajstić information content (AvgIpc) is 2.81. The van der Waals surface area contributed by atoms with Gasteiger partial charge in [0.25, 0.3) is 0 Å². The SMILES string of the molecule is C=CCCOCCNc1nc(Br)cn2ccnc12. The lowest BCUT2D eigenvalue weighted by Crippen LogP contribution is -2.12. The predicted octanol–water partition coefficient (Wildman–Crippen LogP) is 2.50. The van der Waals surface area contributed by atoms with E-state index < -0.39 is 0 Å². The summed E-state index contributed by atoms with van der Waals surface area (Å²) in [6, 6.07) is 0. The number of ether oxygens (including phenoxy) is 1. The van der Waals surface area contributed by atoms with Gasteiger partial charge in [-0.15, -0.1) is 6.58 Å². The Hall–Kier alpha value is -1.40. The number of imidazole rings is 1. The van der Waals surface area contributed by atoms with E-state index in [1.165, 1.54) is 0 Å². The van der Waals surface area contributed by atoms with Gasteiger partial charge in [-0.2, -0.15) is 0 Å². The van der Waals surface area contributed by atoms with E-state index in [9.17, 15) is 0 Å². The third-order valence-electron chi connectivity index (χ3n) is 2.35. The lowest BCUT2D eigenvalue weighted by molar-refractivity contribution is 0.149. The molecule has 96 valence electrons. The van der Waals surface area contributed by atoms with Crippen LogP contribution in [-0.2, 0) is 4.74 Å². The molecule has 0 aliphatic rings. The van der Waals surface area contributed by atoms with Crippen LogP contribution in [-0.4, -0.2) is 34.1 Å². The smallest absolute Gasteiger partial charge is 0.180 e. The summed E-state index contributed by atoms with van der Waals surface area (Å²) < 4.78 is 8.10. The first kappa shape index (κ1) is 13.0. The van der Waals surface area contributed by atoms with Gasteiger partial charge in [-0.3, -0.25) is 0 Å². The number of hydrogen-bond acceptors (Lipinski definition) is 4. The monoisotopic (exact) mass is 310 g/mol. The first-order valence-corrected chi connectivity index (χ1v) is 6.52. The zero-order valence-corrected chi connectivity index (χ0v) is 11.6. The van der Waals surface area contributed by atoms with Gasteiger partial charge < -0.3 is 14.5 Å². The molecule has 1 N–H and O–H groups in total. The Morgan fingerprint density at radius 1 is 1.50 bits per heavy atom. The van der Waals surface area contributed by atoms with Crippen LogP contribution in [0.25, 0.3) is 5.65 Å². The van der Waals surface area contributed by atoms with Crippen molar-refractivity contribution in [3.63, 3.8) is 0 Å². The topological polar surface area (TPSA) is 51.5 Å². The molecule has 2 aromatic heterocycles.